The first-order valence-electron chi connectivity index (χ1n) is 4.57. The molecule has 0 heterocycles. The van der Waals surface area contributed by atoms with Crippen LogP contribution < -0.4 is 4.74 Å². The quantitative estimate of drug-likeness (QED) is 0.608. The Hall–Kier alpha value is -1.85. The lowest BCUT2D eigenvalue weighted by Gasteiger charge is -2.16. The van der Waals surface area contributed by atoms with Crippen molar-refractivity contribution in [1.29, 1.82) is 0 Å². The second kappa shape index (κ2) is 4.57. The van der Waals surface area contributed by atoms with Crippen LogP contribution in [0, 0.1) is 0 Å². The summed E-state index contributed by atoms with van der Waals surface area (Å²) in [5, 5.41) is 0. The first kappa shape index (κ1) is 13.2. The van der Waals surface area contributed by atoms with E-state index >= 15 is 0 Å². The SMILES string of the molecule is COc1ccc(C=O)c(C(F)(F)F)c1C(C)=O. The van der Waals surface area contributed by atoms with Crippen molar-refractivity contribution in [2.75, 3.05) is 7.11 Å². The summed E-state index contributed by atoms with van der Waals surface area (Å²) in [6.45, 7) is 0.988. The second-order valence-electron chi connectivity index (χ2n) is 3.28. The van der Waals surface area contributed by atoms with Crippen LogP contribution in [0.4, 0.5) is 13.2 Å². The Bertz CT molecular complexity index is 464. The molecule has 1 aromatic rings. The molecule has 0 bridgehead atoms. The minimum absolute atomic E-state index is 0.0642. The average Bonchev–Trinajstić information content (AvgIpc) is 2.25. The van der Waals surface area contributed by atoms with Gasteiger partial charge in [-0.25, -0.2) is 0 Å². The topological polar surface area (TPSA) is 43.4 Å². The van der Waals surface area contributed by atoms with Gasteiger partial charge in [0.2, 0.25) is 0 Å². The largest absolute Gasteiger partial charge is 0.496 e. The summed E-state index contributed by atoms with van der Waals surface area (Å²) < 4.78 is 43.1. The van der Waals surface area contributed by atoms with Crippen LogP contribution in [0.15, 0.2) is 12.1 Å². The molecule has 92 valence electrons. The summed E-state index contributed by atoms with van der Waals surface area (Å²) in [6.07, 6.45) is -4.72. The fraction of sp³-hybridized carbons (Fsp3) is 0.273. The molecule has 6 heteroatoms. The van der Waals surface area contributed by atoms with Crippen LogP contribution in [0.2, 0.25) is 0 Å². The van der Waals surface area contributed by atoms with Gasteiger partial charge in [-0.1, -0.05) is 0 Å². The lowest BCUT2D eigenvalue weighted by Crippen LogP contribution is -2.16. The Balaban J connectivity index is 3.71. The third-order valence-electron chi connectivity index (χ3n) is 2.18. The smallest absolute Gasteiger partial charge is 0.417 e. The average molecular weight is 246 g/mol. The highest BCUT2D eigenvalue weighted by Crippen LogP contribution is 2.38. The highest BCUT2D eigenvalue weighted by atomic mass is 19.4. The summed E-state index contributed by atoms with van der Waals surface area (Å²) >= 11 is 0. The summed E-state index contributed by atoms with van der Waals surface area (Å²) in [4.78, 5) is 21.9. The highest BCUT2D eigenvalue weighted by molar-refractivity contribution is 6.00. The van der Waals surface area contributed by atoms with E-state index in [9.17, 15) is 22.8 Å². The number of carbonyl (C=O) groups is 2. The Morgan fingerprint density at radius 1 is 1.35 bits per heavy atom. The molecule has 0 spiro atoms. The molecule has 17 heavy (non-hydrogen) atoms. The summed E-state index contributed by atoms with van der Waals surface area (Å²) in [6, 6.07) is 2.14. The first-order chi connectivity index (χ1) is 7.82. The van der Waals surface area contributed by atoms with Gasteiger partial charge in [0, 0.05) is 5.56 Å². The monoisotopic (exact) mass is 246 g/mol. The standard InChI is InChI=1S/C11H9F3O3/c1-6(16)9-8(17-2)4-3-7(5-15)10(9)11(12,13)14/h3-5H,1-2H3. The zero-order valence-electron chi connectivity index (χ0n) is 9.09. The number of aldehydes is 1. The number of alkyl halides is 3. The highest BCUT2D eigenvalue weighted by Gasteiger charge is 2.38. The maximum absolute atomic E-state index is 12.8. The molecule has 0 aliphatic heterocycles. The van der Waals surface area contributed by atoms with E-state index in [1.165, 1.54) is 0 Å². The Morgan fingerprint density at radius 2 is 1.94 bits per heavy atom. The molecule has 0 N–H and O–H groups in total. The van der Waals surface area contributed by atoms with Crippen LogP contribution in [0.25, 0.3) is 0 Å². The maximum atomic E-state index is 12.8. The summed E-state index contributed by atoms with van der Waals surface area (Å²) in [5.74, 6) is -1.01. The number of hydrogen-bond donors (Lipinski definition) is 0. The van der Waals surface area contributed by atoms with E-state index in [-0.39, 0.29) is 12.0 Å². The van der Waals surface area contributed by atoms with E-state index in [0.29, 0.717) is 0 Å². The van der Waals surface area contributed by atoms with Gasteiger partial charge in [-0.05, 0) is 19.1 Å². The van der Waals surface area contributed by atoms with Crippen molar-refractivity contribution in [3.8, 4) is 5.75 Å². The summed E-state index contributed by atoms with van der Waals surface area (Å²) in [7, 11) is 1.16. The van der Waals surface area contributed by atoms with Crippen molar-refractivity contribution in [2.24, 2.45) is 0 Å². The summed E-state index contributed by atoms with van der Waals surface area (Å²) in [5.41, 5.74) is -2.45. The van der Waals surface area contributed by atoms with E-state index in [4.69, 9.17) is 4.74 Å². The molecule has 0 unspecified atom stereocenters. The number of ketones is 1. The number of methoxy groups -OCH3 is 1. The van der Waals surface area contributed by atoms with Crippen molar-refractivity contribution < 1.29 is 27.5 Å². The lowest BCUT2D eigenvalue weighted by molar-refractivity contribution is -0.138. The van der Waals surface area contributed by atoms with Crippen molar-refractivity contribution in [2.45, 2.75) is 13.1 Å². The third-order valence-corrected chi connectivity index (χ3v) is 2.18. The van der Waals surface area contributed by atoms with Gasteiger partial charge in [-0.15, -0.1) is 0 Å². The predicted molar refractivity (Wildman–Crippen MR) is 53.4 cm³/mol. The van der Waals surface area contributed by atoms with E-state index in [2.05, 4.69) is 0 Å². The van der Waals surface area contributed by atoms with Crippen LogP contribution in [0.5, 0.6) is 5.75 Å². The molecule has 1 aromatic carbocycles. The van der Waals surface area contributed by atoms with Crippen LogP contribution in [0.1, 0.15) is 33.2 Å². The molecule has 0 saturated heterocycles. The van der Waals surface area contributed by atoms with Crippen molar-refractivity contribution >= 4 is 12.1 Å². The van der Waals surface area contributed by atoms with Crippen molar-refractivity contribution in [3.63, 3.8) is 0 Å². The lowest BCUT2D eigenvalue weighted by atomic mass is 9.97. The third kappa shape index (κ3) is 2.46. The van der Waals surface area contributed by atoms with Crippen molar-refractivity contribution in [1.82, 2.24) is 0 Å². The maximum Gasteiger partial charge on any atom is 0.417 e. The number of rotatable bonds is 3. The van der Waals surface area contributed by atoms with Gasteiger partial charge in [0.05, 0.1) is 18.2 Å². The van der Waals surface area contributed by atoms with Gasteiger partial charge in [0.15, 0.2) is 12.1 Å². The molecule has 0 aromatic heterocycles. The minimum Gasteiger partial charge on any atom is -0.496 e. The molecule has 0 amide bonds. The zero-order chi connectivity index (χ0) is 13.2. The van der Waals surface area contributed by atoms with E-state index < -0.39 is 28.6 Å². The van der Waals surface area contributed by atoms with Gasteiger partial charge in [-0.3, -0.25) is 9.59 Å². The number of carbonyl (C=O) groups excluding carboxylic acids is 2. The fourth-order valence-corrected chi connectivity index (χ4v) is 1.52. The zero-order valence-corrected chi connectivity index (χ0v) is 9.09. The van der Waals surface area contributed by atoms with Crippen LogP contribution >= 0.6 is 0 Å². The molecule has 0 aliphatic rings. The van der Waals surface area contributed by atoms with Crippen LogP contribution in [-0.4, -0.2) is 19.2 Å². The van der Waals surface area contributed by atoms with Gasteiger partial charge < -0.3 is 4.74 Å². The molecule has 0 fully saturated rings. The second-order valence-corrected chi connectivity index (χ2v) is 3.28. The Morgan fingerprint density at radius 3 is 2.29 bits per heavy atom. The minimum atomic E-state index is -4.79. The van der Waals surface area contributed by atoms with Gasteiger partial charge in [0.1, 0.15) is 5.75 Å². The van der Waals surface area contributed by atoms with Crippen LogP contribution in [0.3, 0.4) is 0 Å². The Labute approximate surface area is 95.2 Å². The molecular weight excluding hydrogens is 237 g/mol. The van der Waals surface area contributed by atoms with E-state index in [1.807, 2.05) is 0 Å². The van der Waals surface area contributed by atoms with Crippen molar-refractivity contribution in [3.05, 3.63) is 28.8 Å². The van der Waals surface area contributed by atoms with Gasteiger partial charge in [0.25, 0.3) is 0 Å². The number of Topliss-reactive ketones (excluding diaryl/α,β-unsaturated/α-hetero) is 1. The van der Waals surface area contributed by atoms with Gasteiger partial charge >= 0.3 is 6.18 Å². The number of ether oxygens (including phenoxy) is 1. The molecule has 0 aliphatic carbocycles. The molecule has 3 nitrogen and oxygen atoms in total. The molecule has 0 atom stereocenters. The molecular formula is C11H9F3O3. The first-order valence-corrected chi connectivity index (χ1v) is 4.57. The number of benzene rings is 1. The fourth-order valence-electron chi connectivity index (χ4n) is 1.52. The number of hydrogen-bond acceptors (Lipinski definition) is 3. The van der Waals surface area contributed by atoms with E-state index in [1.54, 1.807) is 0 Å². The van der Waals surface area contributed by atoms with Gasteiger partial charge in [-0.2, -0.15) is 13.2 Å². The van der Waals surface area contributed by atoms with Crippen LogP contribution in [-0.2, 0) is 6.18 Å². The number of halogens is 3. The van der Waals surface area contributed by atoms with E-state index in [0.717, 1.165) is 26.2 Å². The molecule has 0 radical (unpaired) electrons. The predicted octanol–water partition coefficient (Wildman–Crippen LogP) is 2.73. The normalized spacial score (nSPS) is 11.1. The Kier molecular flexibility index (Phi) is 3.55. The molecule has 1 rings (SSSR count). The molecule has 0 saturated carbocycles.